The van der Waals surface area contributed by atoms with Crippen LogP contribution >= 0.6 is 0 Å². The Morgan fingerprint density at radius 1 is 1.09 bits per heavy atom. The van der Waals surface area contributed by atoms with Crippen LogP contribution in [0.15, 0.2) is 30.5 Å². The molecule has 8 heteroatoms. The van der Waals surface area contributed by atoms with E-state index in [0.29, 0.717) is 5.95 Å². The van der Waals surface area contributed by atoms with E-state index in [-0.39, 0.29) is 29.6 Å². The number of nitrogens with zero attached hydrogens (tertiary/aromatic N) is 4. The predicted molar refractivity (Wildman–Crippen MR) is 124 cm³/mol. The van der Waals surface area contributed by atoms with E-state index in [9.17, 15) is 9.59 Å². The van der Waals surface area contributed by atoms with Gasteiger partial charge in [-0.3, -0.25) is 4.79 Å². The van der Waals surface area contributed by atoms with Gasteiger partial charge in [0.2, 0.25) is 5.95 Å². The summed E-state index contributed by atoms with van der Waals surface area (Å²) in [7, 11) is 2.14. The number of likely N-dealkylation sites (N-methyl/N-ethyl adjacent to an activating group) is 1. The summed E-state index contributed by atoms with van der Waals surface area (Å²) in [5, 5.41) is 3.17. The van der Waals surface area contributed by atoms with Crippen molar-refractivity contribution in [2.75, 3.05) is 50.1 Å². The number of rotatable bonds is 7. The van der Waals surface area contributed by atoms with Gasteiger partial charge in [-0.1, -0.05) is 12.8 Å². The lowest BCUT2D eigenvalue weighted by Gasteiger charge is -2.34. The molecule has 8 nitrogen and oxygen atoms in total. The van der Waals surface area contributed by atoms with Crippen molar-refractivity contribution >= 4 is 29.1 Å². The van der Waals surface area contributed by atoms with Gasteiger partial charge in [0.05, 0.1) is 6.61 Å². The number of aromatic nitrogens is 2. The highest BCUT2D eigenvalue weighted by Gasteiger charge is 2.29. The summed E-state index contributed by atoms with van der Waals surface area (Å²) in [6.07, 6.45) is 5.12. The topological polar surface area (TPSA) is 87.7 Å². The van der Waals surface area contributed by atoms with Crippen molar-refractivity contribution in [2.24, 2.45) is 5.92 Å². The SMILES string of the molecule is CCOC(=O)c1cnc(Nc2ccc(N3CCN(C)CC3)cc2)nc1C(=O)C1CCCC1. The molecule has 170 valence electrons. The lowest BCUT2D eigenvalue weighted by molar-refractivity contribution is 0.0521. The number of anilines is 3. The summed E-state index contributed by atoms with van der Waals surface area (Å²) in [4.78, 5) is 38.9. The second kappa shape index (κ2) is 10.1. The Balaban J connectivity index is 1.52. The number of nitrogens with one attached hydrogen (secondary N) is 1. The van der Waals surface area contributed by atoms with E-state index in [0.717, 1.165) is 57.5 Å². The fourth-order valence-corrected chi connectivity index (χ4v) is 4.32. The highest BCUT2D eigenvalue weighted by Crippen LogP contribution is 2.29. The van der Waals surface area contributed by atoms with Gasteiger partial charge in [0.15, 0.2) is 5.78 Å². The second-order valence-electron chi connectivity index (χ2n) is 8.48. The molecular formula is C24H31N5O3. The zero-order chi connectivity index (χ0) is 22.5. The molecule has 2 fully saturated rings. The van der Waals surface area contributed by atoms with E-state index in [1.54, 1.807) is 6.92 Å². The minimum Gasteiger partial charge on any atom is -0.462 e. The summed E-state index contributed by atoms with van der Waals surface area (Å²) in [6.45, 7) is 6.09. The summed E-state index contributed by atoms with van der Waals surface area (Å²) < 4.78 is 5.12. The Bertz CT molecular complexity index is 949. The quantitative estimate of drug-likeness (QED) is 0.520. The standard InChI is InChI=1S/C24H31N5O3/c1-3-32-23(31)20-16-25-24(27-21(20)22(30)17-6-4-5-7-17)26-18-8-10-19(11-9-18)29-14-12-28(2)13-15-29/h8-11,16-17H,3-7,12-15H2,1-2H3,(H,25,26,27). The third-order valence-electron chi connectivity index (χ3n) is 6.24. The molecule has 0 spiro atoms. The van der Waals surface area contributed by atoms with Gasteiger partial charge in [0.1, 0.15) is 11.3 Å². The summed E-state index contributed by atoms with van der Waals surface area (Å²) in [5.41, 5.74) is 2.30. The number of esters is 1. The van der Waals surface area contributed by atoms with E-state index < -0.39 is 5.97 Å². The Morgan fingerprint density at radius 3 is 2.44 bits per heavy atom. The molecule has 0 bridgehead atoms. The van der Waals surface area contributed by atoms with Crippen molar-refractivity contribution in [3.8, 4) is 0 Å². The van der Waals surface area contributed by atoms with Crippen LogP contribution in [0.4, 0.5) is 17.3 Å². The lowest BCUT2D eigenvalue weighted by Crippen LogP contribution is -2.44. The molecule has 0 atom stereocenters. The van der Waals surface area contributed by atoms with Crippen LogP contribution in [-0.4, -0.2) is 66.5 Å². The number of ether oxygens (including phenoxy) is 1. The molecule has 1 aromatic heterocycles. The molecule has 1 saturated heterocycles. The largest absolute Gasteiger partial charge is 0.462 e. The first-order chi connectivity index (χ1) is 15.5. The molecule has 2 aliphatic rings. The van der Waals surface area contributed by atoms with Gasteiger partial charge < -0.3 is 19.9 Å². The van der Waals surface area contributed by atoms with Crippen molar-refractivity contribution in [3.05, 3.63) is 41.7 Å². The van der Waals surface area contributed by atoms with Crippen LogP contribution in [0.2, 0.25) is 0 Å². The fourth-order valence-electron chi connectivity index (χ4n) is 4.32. The van der Waals surface area contributed by atoms with Crippen molar-refractivity contribution in [2.45, 2.75) is 32.6 Å². The number of piperazine rings is 1. The molecule has 1 N–H and O–H groups in total. The molecule has 2 heterocycles. The molecular weight excluding hydrogens is 406 g/mol. The number of hydrogen-bond acceptors (Lipinski definition) is 8. The first-order valence-corrected chi connectivity index (χ1v) is 11.4. The van der Waals surface area contributed by atoms with Crippen LogP contribution in [0.1, 0.15) is 53.5 Å². The Kier molecular flexibility index (Phi) is 6.99. The highest BCUT2D eigenvalue weighted by molar-refractivity contribution is 6.06. The van der Waals surface area contributed by atoms with Gasteiger partial charge in [0, 0.05) is 49.7 Å². The van der Waals surface area contributed by atoms with E-state index in [1.165, 1.54) is 11.9 Å². The van der Waals surface area contributed by atoms with Gasteiger partial charge in [-0.25, -0.2) is 14.8 Å². The summed E-state index contributed by atoms with van der Waals surface area (Å²) in [6, 6.07) is 8.11. The number of hydrogen-bond donors (Lipinski definition) is 1. The minimum atomic E-state index is -0.558. The number of carbonyl (C=O) groups excluding carboxylic acids is 2. The first-order valence-electron chi connectivity index (χ1n) is 11.4. The molecule has 2 aromatic rings. The molecule has 32 heavy (non-hydrogen) atoms. The van der Waals surface area contributed by atoms with Gasteiger partial charge in [-0.2, -0.15) is 0 Å². The third-order valence-corrected chi connectivity index (χ3v) is 6.24. The van der Waals surface area contributed by atoms with Crippen LogP contribution in [0.25, 0.3) is 0 Å². The first kappa shape index (κ1) is 22.2. The molecule has 1 aliphatic heterocycles. The molecule has 0 radical (unpaired) electrons. The zero-order valence-electron chi connectivity index (χ0n) is 18.8. The third kappa shape index (κ3) is 5.07. The highest BCUT2D eigenvalue weighted by atomic mass is 16.5. The molecule has 1 saturated carbocycles. The smallest absolute Gasteiger partial charge is 0.342 e. The summed E-state index contributed by atoms with van der Waals surface area (Å²) >= 11 is 0. The Labute approximate surface area is 189 Å². The van der Waals surface area contributed by atoms with Crippen LogP contribution < -0.4 is 10.2 Å². The van der Waals surface area contributed by atoms with E-state index in [2.05, 4.69) is 44.3 Å². The molecule has 0 unspecified atom stereocenters. The van der Waals surface area contributed by atoms with Crippen molar-refractivity contribution in [1.29, 1.82) is 0 Å². The number of benzene rings is 1. The van der Waals surface area contributed by atoms with Gasteiger partial charge >= 0.3 is 5.97 Å². The van der Waals surface area contributed by atoms with Gasteiger partial charge in [-0.05, 0) is 51.1 Å². The Morgan fingerprint density at radius 2 is 1.78 bits per heavy atom. The van der Waals surface area contributed by atoms with E-state index >= 15 is 0 Å². The fraction of sp³-hybridized carbons (Fsp3) is 0.500. The molecule has 1 aliphatic carbocycles. The van der Waals surface area contributed by atoms with Crippen molar-refractivity contribution < 1.29 is 14.3 Å². The average molecular weight is 438 g/mol. The monoisotopic (exact) mass is 437 g/mol. The number of carbonyl (C=O) groups is 2. The van der Waals surface area contributed by atoms with Gasteiger partial charge in [0.25, 0.3) is 0 Å². The molecule has 0 amide bonds. The lowest BCUT2D eigenvalue weighted by atomic mass is 9.97. The molecule has 1 aromatic carbocycles. The number of Topliss-reactive ketones (excluding diaryl/α,β-unsaturated/α-hetero) is 1. The zero-order valence-corrected chi connectivity index (χ0v) is 18.8. The predicted octanol–water partition coefficient (Wildman–Crippen LogP) is 3.52. The van der Waals surface area contributed by atoms with Crippen LogP contribution in [0.3, 0.4) is 0 Å². The normalized spacial score (nSPS) is 17.4. The maximum Gasteiger partial charge on any atom is 0.342 e. The van der Waals surface area contributed by atoms with Gasteiger partial charge in [-0.15, -0.1) is 0 Å². The van der Waals surface area contributed by atoms with Crippen LogP contribution in [0.5, 0.6) is 0 Å². The average Bonchev–Trinajstić information content (AvgIpc) is 3.35. The van der Waals surface area contributed by atoms with E-state index in [4.69, 9.17) is 4.74 Å². The number of ketones is 1. The molecule has 4 rings (SSSR count). The maximum atomic E-state index is 13.1. The maximum absolute atomic E-state index is 13.1. The van der Waals surface area contributed by atoms with Crippen molar-refractivity contribution in [3.63, 3.8) is 0 Å². The Hall–Kier alpha value is -3.00. The van der Waals surface area contributed by atoms with Crippen molar-refractivity contribution in [1.82, 2.24) is 14.9 Å². The van der Waals surface area contributed by atoms with E-state index in [1.807, 2.05) is 12.1 Å². The minimum absolute atomic E-state index is 0.0891. The summed E-state index contributed by atoms with van der Waals surface area (Å²) in [5.74, 6) is -0.445. The van der Waals surface area contributed by atoms with Crippen LogP contribution in [0, 0.1) is 5.92 Å². The second-order valence-corrected chi connectivity index (χ2v) is 8.48. The van der Waals surface area contributed by atoms with Crippen LogP contribution in [-0.2, 0) is 4.74 Å².